The van der Waals surface area contributed by atoms with Gasteiger partial charge in [0.25, 0.3) is 0 Å². The highest BCUT2D eigenvalue weighted by molar-refractivity contribution is 5.71. The van der Waals surface area contributed by atoms with Crippen molar-refractivity contribution < 1.29 is 28.6 Å². The average Bonchev–Trinajstić information content (AvgIpc) is 3.46. The number of hydrogen-bond acceptors (Lipinski definition) is 6. The van der Waals surface area contributed by atoms with Crippen LogP contribution in [0.4, 0.5) is 0 Å². The lowest BCUT2D eigenvalue weighted by atomic mass is 10.0. The lowest BCUT2D eigenvalue weighted by Gasteiger charge is -2.18. The van der Waals surface area contributed by atoms with Crippen LogP contribution in [0.15, 0.2) is 24.3 Å². The molecule has 6 heteroatoms. The SMILES string of the molecule is CCCCCCCCCC/C=C\CCCCCCCCCCCCCC(=O)OCC(COC(=O)CCCCCCCCCCCCCCCCCC)OC(=O)CCCCCCCCCCCCC/C=C\CCCCCCCCCC. The van der Waals surface area contributed by atoms with Crippen molar-refractivity contribution in [3.05, 3.63) is 24.3 Å². The number of hydrogen-bond donors (Lipinski definition) is 0. The maximum Gasteiger partial charge on any atom is 0.306 e. The predicted molar refractivity (Wildman–Crippen MR) is 349 cm³/mol. The Morgan fingerprint density at radius 1 is 0.237 bits per heavy atom. The molecule has 0 saturated heterocycles. The third-order valence-corrected chi connectivity index (χ3v) is 16.7. The van der Waals surface area contributed by atoms with Crippen molar-refractivity contribution in [3.63, 3.8) is 0 Å². The highest BCUT2D eigenvalue weighted by Gasteiger charge is 2.19. The van der Waals surface area contributed by atoms with Crippen molar-refractivity contribution in [1.29, 1.82) is 0 Å². The highest BCUT2D eigenvalue weighted by Crippen LogP contribution is 2.19. The molecule has 0 aliphatic heterocycles. The van der Waals surface area contributed by atoms with Crippen LogP contribution in [-0.2, 0) is 28.6 Å². The molecule has 6 nitrogen and oxygen atoms in total. The van der Waals surface area contributed by atoms with Gasteiger partial charge in [-0.05, 0) is 70.6 Å². The van der Waals surface area contributed by atoms with Crippen molar-refractivity contribution in [2.75, 3.05) is 13.2 Å². The van der Waals surface area contributed by atoms with E-state index in [4.69, 9.17) is 14.2 Å². The van der Waals surface area contributed by atoms with Gasteiger partial charge in [0.2, 0.25) is 0 Å². The van der Waals surface area contributed by atoms with Gasteiger partial charge < -0.3 is 14.2 Å². The van der Waals surface area contributed by atoms with E-state index in [2.05, 4.69) is 45.1 Å². The summed E-state index contributed by atoms with van der Waals surface area (Å²) >= 11 is 0. The fourth-order valence-corrected chi connectivity index (χ4v) is 11.2. The third-order valence-electron chi connectivity index (χ3n) is 16.7. The predicted octanol–water partition coefficient (Wildman–Crippen LogP) is 25.0. The molecule has 1 atom stereocenters. The lowest BCUT2D eigenvalue weighted by molar-refractivity contribution is -0.167. The molecule has 0 N–H and O–H groups in total. The van der Waals surface area contributed by atoms with Crippen LogP contribution in [-0.4, -0.2) is 37.2 Å². The highest BCUT2D eigenvalue weighted by atomic mass is 16.6. The van der Waals surface area contributed by atoms with E-state index in [1.54, 1.807) is 0 Å². The number of ether oxygens (including phenoxy) is 3. The zero-order valence-corrected chi connectivity index (χ0v) is 54.4. The minimum absolute atomic E-state index is 0.0655. The molecule has 0 amide bonds. The van der Waals surface area contributed by atoms with Crippen LogP contribution in [0, 0.1) is 0 Å². The minimum atomic E-state index is -0.770. The Labute approximate surface area is 500 Å². The second-order valence-corrected chi connectivity index (χ2v) is 24.9. The molecule has 0 spiro atoms. The fourth-order valence-electron chi connectivity index (χ4n) is 11.2. The molecule has 0 heterocycles. The summed E-state index contributed by atoms with van der Waals surface area (Å²) in [4.78, 5) is 38.5. The molecule has 0 aromatic heterocycles. The number of esters is 3. The Balaban J connectivity index is 4.28. The van der Waals surface area contributed by atoms with Crippen molar-refractivity contribution in [1.82, 2.24) is 0 Å². The van der Waals surface area contributed by atoms with Crippen molar-refractivity contribution in [3.8, 4) is 0 Å². The first-order valence-corrected chi connectivity index (χ1v) is 36.3. The number of rotatable bonds is 68. The van der Waals surface area contributed by atoms with E-state index in [0.29, 0.717) is 19.3 Å². The largest absolute Gasteiger partial charge is 0.462 e. The summed E-state index contributed by atoms with van der Waals surface area (Å²) in [6, 6.07) is 0. The quantitative estimate of drug-likeness (QED) is 0.0261. The molecule has 0 aromatic rings. The number of carbonyl (C=O) groups excluding carboxylic acids is 3. The molecule has 0 aliphatic carbocycles. The van der Waals surface area contributed by atoms with E-state index >= 15 is 0 Å². The molecule has 1 unspecified atom stereocenters. The van der Waals surface area contributed by atoms with Gasteiger partial charge in [-0.15, -0.1) is 0 Å². The molecule has 0 aliphatic rings. The average molecular weight is 1130 g/mol. The first kappa shape index (κ1) is 77.9. The Hall–Kier alpha value is -2.11. The van der Waals surface area contributed by atoms with Gasteiger partial charge in [-0.3, -0.25) is 14.4 Å². The lowest BCUT2D eigenvalue weighted by Crippen LogP contribution is -2.30. The first-order valence-electron chi connectivity index (χ1n) is 36.3. The van der Waals surface area contributed by atoms with E-state index in [9.17, 15) is 14.4 Å². The zero-order valence-electron chi connectivity index (χ0n) is 54.4. The van der Waals surface area contributed by atoms with Crippen molar-refractivity contribution >= 4 is 17.9 Å². The van der Waals surface area contributed by atoms with Gasteiger partial charge in [0.1, 0.15) is 13.2 Å². The van der Waals surface area contributed by atoms with Crippen LogP contribution in [0.2, 0.25) is 0 Å². The zero-order chi connectivity index (χ0) is 57.8. The molecule has 472 valence electrons. The van der Waals surface area contributed by atoms with Gasteiger partial charge in [0.05, 0.1) is 0 Å². The summed E-state index contributed by atoms with van der Waals surface area (Å²) < 4.78 is 17.0. The van der Waals surface area contributed by atoms with Crippen molar-refractivity contribution in [2.45, 2.75) is 419 Å². The summed E-state index contributed by atoms with van der Waals surface area (Å²) in [5.74, 6) is -0.833. The molecular formula is C74H140O6. The smallest absolute Gasteiger partial charge is 0.306 e. The van der Waals surface area contributed by atoms with E-state index in [-0.39, 0.29) is 31.1 Å². The maximum absolute atomic E-state index is 13.0. The Morgan fingerprint density at radius 3 is 0.625 bits per heavy atom. The Kier molecular flexibility index (Phi) is 67.6. The summed E-state index contributed by atoms with van der Waals surface area (Å²) in [6.07, 6.45) is 84.9. The van der Waals surface area contributed by atoms with Crippen molar-refractivity contribution in [2.24, 2.45) is 0 Å². The second-order valence-electron chi connectivity index (χ2n) is 24.9. The number of carbonyl (C=O) groups is 3. The molecule has 0 aromatic carbocycles. The monoisotopic (exact) mass is 1130 g/mol. The third kappa shape index (κ3) is 66.7. The fraction of sp³-hybridized carbons (Fsp3) is 0.905. The van der Waals surface area contributed by atoms with Crippen LogP contribution < -0.4 is 0 Å². The molecule has 0 radical (unpaired) electrons. The maximum atomic E-state index is 13.0. The van der Waals surface area contributed by atoms with Crippen LogP contribution in [0.5, 0.6) is 0 Å². The summed E-state index contributed by atoms with van der Waals surface area (Å²) in [5.41, 5.74) is 0. The molecule has 0 rings (SSSR count). The number of allylic oxidation sites excluding steroid dienone is 4. The van der Waals surface area contributed by atoms with Crippen LogP contribution in [0.3, 0.4) is 0 Å². The molecule has 0 bridgehead atoms. The van der Waals surface area contributed by atoms with Crippen LogP contribution in [0.25, 0.3) is 0 Å². The minimum Gasteiger partial charge on any atom is -0.462 e. The van der Waals surface area contributed by atoms with Gasteiger partial charge in [-0.2, -0.15) is 0 Å². The van der Waals surface area contributed by atoms with Gasteiger partial charge in [0.15, 0.2) is 6.10 Å². The standard InChI is InChI=1S/C74H140O6/c1-4-7-10-13-16-19-22-25-28-31-33-35-37-39-41-43-46-49-52-55-58-61-64-67-73(76)79-70-71(69-78-72(75)66-63-60-57-54-51-48-45-30-27-24-21-18-15-12-9-6-3)80-74(77)68-65-62-59-56-53-50-47-44-42-40-38-36-34-32-29-26-23-20-17-14-11-8-5-2/h31-34,71H,4-30,35-70H2,1-3H3/b33-31-,34-32-. The van der Waals surface area contributed by atoms with E-state index in [1.807, 2.05) is 0 Å². The first-order chi connectivity index (χ1) is 39.5. The summed E-state index contributed by atoms with van der Waals surface area (Å²) in [7, 11) is 0. The van der Waals surface area contributed by atoms with Gasteiger partial charge >= 0.3 is 17.9 Å². The van der Waals surface area contributed by atoms with Crippen LogP contribution in [0.1, 0.15) is 412 Å². The molecule has 0 saturated carbocycles. The second kappa shape index (κ2) is 69.4. The Morgan fingerprint density at radius 2 is 0.412 bits per heavy atom. The van der Waals surface area contributed by atoms with E-state index in [0.717, 1.165) is 57.8 Å². The molecule has 0 fully saturated rings. The van der Waals surface area contributed by atoms with Gasteiger partial charge in [0, 0.05) is 19.3 Å². The van der Waals surface area contributed by atoms with E-state index < -0.39 is 6.10 Å². The van der Waals surface area contributed by atoms with Gasteiger partial charge in [-0.1, -0.05) is 347 Å². The Bertz CT molecular complexity index is 1290. The van der Waals surface area contributed by atoms with E-state index in [1.165, 1.54) is 315 Å². The summed E-state index contributed by atoms with van der Waals surface area (Å²) in [6.45, 7) is 6.73. The topological polar surface area (TPSA) is 78.9 Å². The van der Waals surface area contributed by atoms with Crippen LogP contribution >= 0.6 is 0 Å². The van der Waals surface area contributed by atoms with Gasteiger partial charge in [-0.25, -0.2) is 0 Å². The normalized spacial score (nSPS) is 12.1. The molecular weight excluding hydrogens is 985 g/mol. The molecule has 80 heavy (non-hydrogen) atoms. The number of unbranched alkanes of at least 4 members (excludes halogenated alkanes) is 53. The summed E-state index contributed by atoms with van der Waals surface area (Å²) in [5, 5.41) is 0.